The van der Waals surface area contributed by atoms with Crippen LogP contribution in [0.15, 0.2) is 0 Å². The van der Waals surface area contributed by atoms with E-state index in [1.807, 2.05) is 0 Å². The molecule has 1 saturated heterocycles. The Bertz CT molecular complexity index is 790. The fourth-order valence-corrected chi connectivity index (χ4v) is 4.61. The maximum atomic E-state index is 12.4. The van der Waals surface area contributed by atoms with Gasteiger partial charge in [0.15, 0.2) is 0 Å². The second kappa shape index (κ2) is 8.39. The highest BCUT2D eigenvalue weighted by Crippen LogP contribution is 2.37. The van der Waals surface area contributed by atoms with E-state index in [-0.39, 0.29) is 13.1 Å². The van der Waals surface area contributed by atoms with Gasteiger partial charge in [-0.05, 0) is 38.2 Å². The van der Waals surface area contributed by atoms with Gasteiger partial charge < -0.3 is 19.9 Å². The van der Waals surface area contributed by atoms with Crippen LogP contribution in [0.5, 0.6) is 0 Å². The van der Waals surface area contributed by atoms with Gasteiger partial charge in [0.1, 0.15) is 11.1 Å². The van der Waals surface area contributed by atoms with Crippen LogP contribution in [0, 0.1) is 11.3 Å². The number of anilines is 1. The van der Waals surface area contributed by atoms with E-state index in [1.54, 1.807) is 6.92 Å². The zero-order valence-corrected chi connectivity index (χ0v) is 16.1. The van der Waals surface area contributed by atoms with Crippen molar-refractivity contribution in [1.82, 2.24) is 9.80 Å². The minimum absolute atomic E-state index is 0.275. The second-order valence-electron chi connectivity index (χ2n) is 6.46. The number of nitrogens with one attached hydrogen (secondary N) is 1. The first-order valence-corrected chi connectivity index (χ1v) is 9.93. The number of ether oxygens (including phenoxy) is 1. The molecule has 1 aliphatic heterocycles. The molecule has 0 bridgehead atoms. The molecule has 144 valence electrons. The Kier molecular flexibility index (Phi) is 5.96. The molecular weight excluding hydrogens is 368 g/mol. The average Bonchev–Trinajstić information content (AvgIpc) is 3.04. The smallest absolute Gasteiger partial charge is 0.409 e. The van der Waals surface area contributed by atoms with Gasteiger partial charge in [-0.1, -0.05) is 0 Å². The van der Waals surface area contributed by atoms with Crippen molar-refractivity contribution >= 4 is 34.2 Å². The van der Waals surface area contributed by atoms with Crippen LogP contribution in [0.25, 0.3) is 0 Å². The lowest BCUT2D eigenvalue weighted by atomic mass is 9.96. The third kappa shape index (κ3) is 4.06. The molecule has 9 heteroatoms. The fraction of sp³-hybridized carbons (Fsp3) is 0.556. The number of piperazine rings is 1. The number of fused-ring (bicyclic) bond motifs is 1. The Morgan fingerprint density at radius 3 is 2.48 bits per heavy atom. The number of thiophene rings is 1. The van der Waals surface area contributed by atoms with Gasteiger partial charge >= 0.3 is 17.9 Å². The van der Waals surface area contributed by atoms with Gasteiger partial charge in [0.25, 0.3) is 0 Å². The van der Waals surface area contributed by atoms with Gasteiger partial charge in [-0.25, -0.2) is 4.79 Å². The van der Waals surface area contributed by atoms with Crippen molar-refractivity contribution in [3.63, 3.8) is 0 Å². The first-order valence-electron chi connectivity index (χ1n) is 9.11. The van der Waals surface area contributed by atoms with Gasteiger partial charge in [-0.2, -0.15) is 5.26 Å². The molecule has 0 spiro atoms. The quantitative estimate of drug-likeness (QED) is 0.775. The molecule has 0 saturated carbocycles. The highest BCUT2D eigenvalue weighted by molar-refractivity contribution is 7.16. The van der Waals surface area contributed by atoms with Crippen molar-refractivity contribution in [2.75, 3.05) is 38.1 Å². The van der Waals surface area contributed by atoms with Crippen LogP contribution >= 0.6 is 11.3 Å². The van der Waals surface area contributed by atoms with E-state index in [4.69, 9.17) is 4.74 Å². The molecule has 1 aliphatic carbocycles. The summed E-state index contributed by atoms with van der Waals surface area (Å²) in [5.41, 5.74) is 1.50. The summed E-state index contributed by atoms with van der Waals surface area (Å²) in [6.45, 7) is 3.24. The maximum Gasteiger partial charge on any atom is 0.409 e. The zero-order chi connectivity index (χ0) is 19.4. The SMILES string of the molecule is CCOC(=O)N1CCN(C(=O)C(=O)Nc2sc3c(c2C#N)CCCC3)CC1. The van der Waals surface area contributed by atoms with Crippen LogP contribution in [0.4, 0.5) is 9.80 Å². The number of nitrogens with zero attached hydrogens (tertiary/aromatic N) is 3. The molecule has 0 radical (unpaired) electrons. The lowest BCUT2D eigenvalue weighted by Gasteiger charge is -2.33. The Balaban J connectivity index is 1.61. The van der Waals surface area contributed by atoms with Gasteiger partial charge in [0, 0.05) is 31.1 Å². The van der Waals surface area contributed by atoms with Gasteiger partial charge in [-0.15, -0.1) is 11.3 Å². The van der Waals surface area contributed by atoms with E-state index in [9.17, 15) is 19.6 Å². The molecule has 2 heterocycles. The van der Waals surface area contributed by atoms with Crippen molar-refractivity contribution in [2.45, 2.75) is 32.6 Å². The summed E-state index contributed by atoms with van der Waals surface area (Å²) in [5, 5.41) is 12.5. The van der Waals surface area contributed by atoms with Gasteiger partial charge in [0.2, 0.25) is 0 Å². The highest BCUT2D eigenvalue weighted by Gasteiger charge is 2.30. The van der Waals surface area contributed by atoms with E-state index in [1.165, 1.54) is 21.1 Å². The molecule has 1 aromatic heterocycles. The van der Waals surface area contributed by atoms with Crippen LogP contribution in [0.2, 0.25) is 0 Å². The van der Waals surface area contributed by atoms with Gasteiger partial charge in [-0.3, -0.25) is 9.59 Å². The van der Waals surface area contributed by atoms with E-state index < -0.39 is 17.9 Å². The number of rotatable bonds is 2. The second-order valence-corrected chi connectivity index (χ2v) is 7.56. The summed E-state index contributed by atoms with van der Waals surface area (Å²) in [7, 11) is 0. The number of carbonyl (C=O) groups excluding carboxylic acids is 3. The molecule has 27 heavy (non-hydrogen) atoms. The molecule has 0 aromatic carbocycles. The van der Waals surface area contributed by atoms with E-state index in [0.717, 1.165) is 36.1 Å². The molecule has 3 rings (SSSR count). The maximum absolute atomic E-state index is 12.4. The fourth-order valence-electron chi connectivity index (χ4n) is 3.38. The minimum Gasteiger partial charge on any atom is -0.450 e. The third-order valence-corrected chi connectivity index (χ3v) is 6.00. The molecule has 2 aliphatic rings. The molecule has 1 aromatic rings. The lowest BCUT2D eigenvalue weighted by molar-refractivity contribution is -0.144. The standard InChI is InChI=1S/C18H22N4O4S/c1-2-26-18(25)22-9-7-21(8-10-22)17(24)15(23)20-16-13(11-19)12-5-3-4-6-14(12)27-16/h2-10H2,1H3,(H,20,23). The van der Waals surface area contributed by atoms with Crippen LogP contribution in [-0.4, -0.2) is 60.5 Å². The van der Waals surface area contributed by atoms with Crippen molar-refractivity contribution in [3.8, 4) is 6.07 Å². The summed E-state index contributed by atoms with van der Waals surface area (Å²) >= 11 is 1.39. The summed E-state index contributed by atoms with van der Waals surface area (Å²) in [6, 6.07) is 2.17. The number of amides is 3. The summed E-state index contributed by atoms with van der Waals surface area (Å²) in [4.78, 5) is 40.6. The number of hydrogen-bond donors (Lipinski definition) is 1. The predicted molar refractivity (Wildman–Crippen MR) is 99.5 cm³/mol. The normalized spacial score (nSPS) is 16.3. The van der Waals surface area contributed by atoms with Crippen molar-refractivity contribution in [1.29, 1.82) is 5.26 Å². The Morgan fingerprint density at radius 2 is 1.81 bits per heavy atom. The van der Waals surface area contributed by atoms with Crippen LogP contribution in [0.3, 0.4) is 0 Å². The van der Waals surface area contributed by atoms with Crippen molar-refractivity contribution < 1.29 is 19.1 Å². The number of hydrogen-bond acceptors (Lipinski definition) is 6. The predicted octanol–water partition coefficient (Wildman–Crippen LogP) is 1.74. The monoisotopic (exact) mass is 390 g/mol. The molecule has 0 atom stereocenters. The first kappa shape index (κ1) is 19.2. The van der Waals surface area contributed by atoms with Crippen molar-refractivity contribution in [2.24, 2.45) is 0 Å². The molecule has 8 nitrogen and oxygen atoms in total. The highest BCUT2D eigenvalue weighted by atomic mass is 32.1. The molecular formula is C18H22N4O4S. The number of carbonyl (C=O) groups is 3. The third-order valence-electron chi connectivity index (χ3n) is 4.80. The largest absolute Gasteiger partial charge is 0.450 e. The summed E-state index contributed by atoms with van der Waals surface area (Å²) < 4.78 is 4.94. The number of aryl methyl sites for hydroxylation is 1. The van der Waals surface area contributed by atoms with E-state index in [2.05, 4.69) is 11.4 Å². The molecule has 1 N–H and O–H groups in total. The number of nitriles is 1. The Labute approximate surface area is 161 Å². The Hall–Kier alpha value is -2.60. The van der Waals surface area contributed by atoms with Crippen LogP contribution in [-0.2, 0) is 27.2 Å². The topological polar surface area (TPSA) is 103 Å². The lowest BCUT2D eigenvalue weighted by Crippen LogP contribution is -2.53. The first-order chi connectivity index (χ1) is 13.0. The average molecular weight is 390 g/mol. The molecule has 1 fully saturated rings. The van der Waals surface area contributed by atoms with E-state index >= 15 is 0 Å². The Morgan fingerprint density at radius 1 is 1.15 bits per heavy atom. The molecule has 3 amide bonds. The zero-order valence-electron chi connectivity index (χ0n) is 15.2. The summed E-state index contributed by atoms with van der Waals surface area (Å²) in [6.07, 6.45) is 3.46. The van der Waals surface area contributed by atoms with Crippen LogP contribution < -0.4 is 5.32 Å². The van der Waals surface area contributed by atoms with E-state index in [0.29, 0.717) is 30.3 Å². The molecule has 0 unspecified atom stereocenters. The summed E-state index contributed by atoms with van der Waals surface area (Å²) in [5.74, 6) is -1.39. The van der Waals surface area contributed by atoms with Crippen molar-refractivity contribution in [3.05, 3.63) is 16.0 Å². The van der Waals surface area contributed by atoms with Crippen LogP contribution in [0.1, 0.15) is 35.8 Å². The van der Waals surface area contributed by atoms with Gasteiger partial charge in [0.05, 0.1) is 12.2 Å². The minimum atomic E-state index is -0.741.